The number of carbonyl (C=O) groups is 4. The van der Waals surface area contributed by atoms with E-state index in [0.717, 1.165) is 51.7 Å². The van der Waals surface area contributed by atoms with Crippen LogP contribution in [0.3, 0.4) is 0 Å². The fourth-order valence-corrected chi connectivity index (χ4v) is 7.24. The van der Waals surface area contributed by atoms with E-state index in [1.165, 1.54) is 0 Å². The number of amides is 3. The van der Waals surface area contributed by atoms with Gasteiger partial charge in [0.05, 0.1) is 18.9 Å². The van der Waals surface area contributed by atoms with Gasteiger partial charge in [-0.15, -0.1) is 0 Å². The molecular formula is C41H40N4O4. The van der Waals surface area contributed by atoms with Crippen LogP contribution in [0.1, 0.15) is 42.4 Å². The summed E-state index contributed by atoms with van der Waals surface area (Å²) in [7, 11) is 0. The average molecular weight is 653 g/mol. The van der Waals surface area contributed by atoms with Gasteiger partial charge in [0, 0.05) is 47.4 Å². The Labute approximate surface area is 286 Å². The van der Waals surface area contributed by atoms with Crippen LogP contribution in [-0.2, 0) is 38.4 Å². The fourth-order valence-electron chi connectivity index (χ4n) is 7.24. The SMILES string of the molecule is O=C(Cc1ccc2[nH]c(-c3cccc(NC(=O)[C@@H]4CCCN4C(=O)Cc4ccccc4)c3)cc2c1)[C@@H]1CCCN1C(=O)Cc1ccccc1. The van der Waals surface area contributed by atoms with Crippen molar-refractivity contribution in [1.29, 1.82) is 0 Å². The van der Waals surface area contributed by atoms with Crippen molar-refractivity contribution < 1.29 is 19.2 Å². The fraction of sp³-hybridized carbons (Fsp3) is 0.268. The van der Waals surface area contributed by atoms with Crippen molar-refractivity contribution >= 4 is 40.1 Å². The molecule has 8 nitrogen and oxygen atoms in total. The minimum Gasteiger partial charge on any atom is -0.355 e. The first kappa shape index (κ1) is 32.1. The van der Waals surface area contributed by atoms with E-state index in [1.807, 2.05) is 103 Å². The van der Waals surface area contributed by atoms with Crippen LogP contribution in [0, 0.1) is 0 Å². The van der Waals surface area contributed by atoms with Crippen molar-refractivity contribution in [3.05, 3.63) is 126 Å². The molecule has 7 rings (SSSR count). The lowest BCUT2D eigenvalue weighted by Crippen LogP contribution is -2.43. The third-order valence-corrected chi connectivity index (χ3v) is 9.72. The molecule has 0 unspecified atom stereocenters. The van der Waals surface area contributed by atoms with Crippen molar-refractivity contribution in [2.45, 2.75) is 57.0 Å². The number of rotatable bonds is 10. The highest BCUT2D eigenvalue weighted by Crippen LogP contribution is 2.29. The van der Waals surface area contributed by atoms with Crippen LogP contribution in [0.15, 0.2) is 109 Å². The van der Waals surface area contributed by atoms with Gasteiger partial charge in [-0.25, -0.2) is 0 Å². The van der Waals surface area contributed by atoms with Crippen molar-refractivity contribution in [2.75, 3.05) is 18.4 Å². The van der Waals surface area contributed by atoms with Crippen molar-refractivity contribution in [1.82, 2.24) is 14.8 Å². The Bertz CT molecular complexity index is 1990. The number of nitrogens with one attached hydrogen (secondary N) is 2. The number of hydrogen-bond donors (Lipinski definition) is 2. The number of aromatic nitrogens is 1. The van der Waals surface area contributed by atoms with Gasteiger partial charge in [-0.05, 0) is 72.7 Å². The van der Waals surface area contributed by atoms with E-state index < -0.39 is 6.04 Å². The Kier molecular flexibility index (Phi) is 9.37. The molecule has 2 saturated heterocycles. The molecule has 0 saturated carbocycles. The first-order chi connectivity index (χ1) is 23.9. The zero-order valence-corrected chi connectivity index (χ0v) is 27.4. The van der Waals surface area contributed by atoms with Crippen molar-refractivity contribution in [2.24, 2.45) is 0 Å². The van der Waals surface area contributed by atoms with Gasteiger partial charge >= 0.3 is 0 Å². The number of hydrogen-bond acceptors (Lipinski definition) is 4. The molecule has 0 aliphatic carbocycles. The highest BCUT2D eigenvalue weighted by Gasteiger charge is 2.35. The smallest absolute Gasteiger partial charge is 0.247 e. The second-order valence-electron chi connectivity index (χ2n) is 13.1. The number of anilines is 1. The summed E-state index contributed by atoms with van der Waals surface area (Å²) in [6.07, 6.45) is 3.83. The summed E-state index contributed by atoms with van der Waals surface area (Å²) < 4.78 is 0. The van der Waals surface area contributed by atoms with Crippen LogP contribution in [0.25, 0.3) is 22.2 Å². The summed E-state index contributed by atoms with van der Waals surface area (Å²) in [5.74, 6) is -0.137. The number of benzene rings is 4. The van der Waals surface area contributed by atoms with E-state index in [4.69, 9.17) is 0 Å². The summed E-state index contributed by atoms with van der Waals surface area (Å²) in [6.45, 7) is 1.20. The zero-order chi connectivity index (χ0) is 33.7. The van der Waals surface area contributed by atoms with Crippen LogP contribution < -0.4 is 5.32 Å². The summed E-state index contributed by atoms with van der Waals surface area (Å²) in [5, 5.41) is 4.03. The molecule has 49 heavy (non-hydrogen) atoms. The molecule has 0 radical (unpaired) electrons. The Morgan fingerprint density at radius 3 is 1.94 bits per heavy atom. The molecule has 0 spiro atoms. The number of fused-ring (bicyclic) bond motifs is 1. The second kappa shape index (κ2) is 14.3. The first-order valence-electron chi connectivity index (χ1n) is 17.1. The highest BCUT2D eigenvalue weighted by atomic mass is 16.2. The maximum absolute atomic E-state index is 13.4. The van der Waals surface area contributed by atoms with Gasteiger partial charge in [0.15, 0.2) is 5.78 Å². The van der Waals surface area contributed by atoms with Gasteiger partial charge < -0.3 is 20.1 Å². The molecular weight excluding hydrogens is 612 g/mol. The molecule has 0 bridgehead atoms. The maximum atomic E-state index is 13.4. The molecule has 2 N–H and O–H groups in total. The molecule has 4 aromatic carbocycles. The number of H-pyrrole nitrogens is 1. The van der Waals surface area contributed by atoms with Gasteiger partial charge in [-0.1, -0.05) is 78.9 Å². The Balaban J connectivity index is 0.997. The van der Waals surface area contributed by atoms with Crippen molar-refractivity contribution in [3.8, 4) is 11.3 Å². The molecule has 3 heterocycles. The summed E-state index contributed by atoms with van der Waals surface area (Å²) in [6, 6.07) is 34.1. The lowest BCUT2D eigenvalue weighted by molar-refractivity contribution is -0.136. The van der Waals surface area contributed by atoms with Crippen LogP contribution in [0.2, 0.25) is 0 Å². The van der Waals surface area contributed by atoms with Gasteiger partial charge in [0.25, 0.3) is 0 Å². The molecule has 8 heteroatoms. The molecule has 248 valence electrons. The number of Topliss-reactive ketones (excluding diaryl/α,β-unsaturated/α-hetero) is 1. The van der Waals surface area contributed by atoms with Crippen molar-refractivity contribution in [3.63, 3.8) is 0 Å². The van der Waals surface area contributed by atoms with E-state index in [2.05, 4.69) is 16.4 Å². The molecule has 2 atom stereocenters. The highest BCUT2D eigenvalue weighted by molar-refractivity contribution is 5.98. The van der Waals surface area contributed by atoms with E-state index in [1.54, 1.807) is 9.80 Å². The van der Waals surface area contributed by atoms with E-state index in [-0.39, 0.29) is 42.4 Å². The van der Waals surface area contributed by atoms with Gasteiger partial charge in [-0.2, -0.15) is 0 Å². The Hall–Kier alpha value is -5.50. The molecule has 2 fully saturated rings. The quantitative estimate of drug-likeness (QED) is 0.184. The average Bonchev–Trinajstić information content (AvgIpc) is 3.89. The number of nitrogens with zero attached hydrogens (tertiary/aromatic N) is 2. The predicted molar refractivity (Wildman–Crippen MR) is 191 cm³/mol. The first-order valence-corrected chi connectivity index (χ1v) is 17.1. The summed E-state index contributed by atoms with van der Waals surface area (Å²) in [5.41, 5.74) is 6.22. The van der Waals surface area contributed by atoms with Crippen LogP contribution >= 0.6 is 0 Å². The van der Waals surface area contributed by atoms with E-state index >= 15 is 0 Å². The van der Waals surface area contributed by atoms with Crippen LogP contribution in [0.4, 0.5) is 5.69 Å². The summed E-state index contributed by atoms with van der Waals surface area (Å²) in [4.78, 5) is 59.9. The molecule has 5 aromatic rings. The predicted octanol–water partition coefficient (Wildman–Crippen LogP) is 6.35. The topological polar surface area (TPSA) is 103 Å². The lowest BCUT2D eigenvalue weighted by Gasteiger charge is -2.24. The molecule has 3 amide bonds. The van der Waals surface area contributed by atoms with E-state index in [9.17, 15) is 19.2 Å². The summed E-state index contributed by atoms with van der Waals surface area (Å²) >= 11 is 0. The van der Waals surface area contributed by atoms with Crippen LogP contribution in [-0.4, -0.2) is 63.5 Å². The number of ketones is 1. The second-order valence-corrected chi connectivity index (χ2v) is 13.1. The normalized spacial score (nSPS) is 17.4. The monoisotopic (exact) mass is 652 g/mol. The molecule has 2 aliphatic heterocycles. The Morgan fingerprint density at radius 1 is 0.633 bits per heavy atom. The lowest BCUT2D eigenvalue weighted by atomic mass is 10.0. The molecule has 2 aliphatic rings. The minimum atomic E-state index is -0.493. The number of carbonyl (C=O) groups excluding carboxylic acids is 4. The third kappa shape index (κ3) is 7.33. The third-order valence-electron chi connectivity index (χ3n) is 9.72. The maximum Gasteiger partial charge on any atom is 0.247 e. The van der Waals surface area contributed by atoms with Crippen LogP contribution in [0.5, 0.6) is 0 Å². The van der Waals surface area contributed by atoms with Gasteiger partial charge in [0.1, 0.15) is 6.04 Å². The number of aromatic amines is 1. The van der Waals surface area contributed by atoms with Gasteiger partial charge in [-0.3, -0.25) is 19.2 Å². The van der Waals surface area contributed by atoms with Gasteiger partial charge in [0.2, 0.25) is 17.7 Å². The largest absolute Gasteiger partial charge is 0.355 e. The number of likely N-dealkylation sites (tertiary alicyclic amines) is 2. The Morgan fingerprint density at radius 2 is 1.27 bits per heavy atom. The standard InChI is InChI=1S/C41H40N4O4/c46-38(36-16-8-20-44(36)39(47)24-28-10-3-1-4-11-28)23-30-18-19-34-32(22-30)27-35(43-34)31-14-7-15-33(26-31)42-41(49)37-17-9-21-45(37)40(48)25-29-12-5-2-6-13-29/h1-7,10-15,18-19,22,26-27,36-37,43H,8-9,16-17,20-21,23-25H2,(H,42,49)/t36-,37-/m0/s1. The minimum absolute atomic E-state index is 0.00307. The zero-order valence-electron chi connectivity index (χ0n) is 27.4. The molecule has 1 aromatic heterocycles. The van der Waals surface area contributed by atoms with E-state index in [0.29, 0.717) is 38.0 Å².